The van der Waals surface area contributed by atoms with Crippen LogP contribution < -0.4 is 22.1 Å². The van der Waals surface area contributed by atoms with Crippen molar-refractivity contribution in [3.8, 4) is 0 Å². The van der Waals surface area contributed by atoms with Gasteiger partial charge in [-0.15, -0.1) is 0 Å². The maximum Gasteiger partial charge on any atom is 0.0192 e. The van der Waals surface area contributed by atoms with Crippen LogP contribution in [0.1, 0.15) is 32.6 Å². The van der Waals surface area contributed by atoms with E-state index in [9.17, 15) is 0 Å². The van der Waals surface area contributed by atoms with Crippen molar-refractivity contribution in [1.82, 2.24) is 10.6 Å². The molecule has 1 atom stereocenters. The predicted molar refractivity (Wildman–Crippen MR) is 66.9 cm³/mol. The van der Waals surface area contributed by atoms with Crippen molar-refractivity contribution in [3.05, 3.63) is 0 Å². The molecule has 0 aliphatic rings. The lowest BCUT2D eigenvalue weighted by atomic mass is 10.1. The third kappa shape index (κ3) is 10.1. The van der Waals surface area contributed by atoms with Gasteiger partial charge in [0.25, 0.3) is 0 Å². The van der Waals surface area contributed by atoms with Gasteiger partial charge in [0.1, 0.15) is 0 Å². The molecule has 0 aromatic rings. The van der Waals surface area contributed by atoms with E-state index in [-0.39, 0.29) is 0 Å². The zero-order chi connectivity index (χ0) is 11.4. The summed E-state index contributed by atoms with van der Waals surface area (Å²) in [5, 5.41) is 6.95. The van der Waals surface area contributed by atoms with Crippen molar-refractivity contribution in [2.24, 2.45) is 11.5 Å². The zero-order valence-corrected chi connectivity index (χ0v) is 10.1. The summed E-state index contributed by atoms with van der Waals surface area (Å²) in [6.07, 6.45) is 4.56. The van der Waals surface area contributed by atoms with Crippen molar-refractivity contribution in [2.75, 3.05) is 32.7 Å². The van der Waals surface area contributed by atoms with Gasteiger partial charge < -0.3 is 22.1 Å². The lowest BCUT2D eigenvalue weighted by Crippen LogP contribution is -2.40. The Morgan fingerprint density at radius 2 is 1.73 bits per heavy atom. The average molecular weight is 216 g/mol. The van der Waals surface area contributed by atoms with E-state index in [2.05, 4.69) is 17.6 Å². The van der Waals surface area contributed by atoms with Crippen LogP contribution in [0.5, 0.6) is 0 Å². The molecule has 4 nitrogen and oxygen atoms in total. The Kier molecular flexibility index (Phi) is 11.8. The fourth-order valence-electron chi connectivity index (χ4n) is 1.54. The maximum atomic E-state index is 5.46. The zero-order valence-electron chi connectivity index (χ0n) is 10.1. The highest BCUT2D eigenvalue weighted by molar-refractivity contribution is 4.69. The summed E-state index contributed by atoms with van der Waals surface area (Å²) in [5.74, 6) is 0. The number of hydrogen-bond donors (Lipinski definition) is 4. The fourth-order valence-corrected chi connectivity index (χ4v) is 1.54. The van der Waals surface area contributed by atoms with E-state index in [1.165, 1.54) is 12.8 Å². The van der Waals surface area contributed by atoms with E-state index >= 15 is 0 Å². The first-order valence-corrected chi connectivity index (χ1v) is 6.19. The van der Waals surface area contributed by atoms with Crippen LogP contribution in [-0.4, -0.2) is 38.8 Å². The highest BCUT2D eigenvalue weighted by Gasteiger charge is 2.05. The van der Waals surface area contributed by atoms with E-state index in [0.29, 0.717) is 6.04 Å². The average Bonchev–Trinajstić information content (AvgIpc) is 2.24. The van der Waals surface area contributed by atoms with Crippen LogP contribution in [0, 0.1) is 0 Å². The molecule has 0 amide bonds. The summed E-state index contributed by atoms with van der Waals surface area (Å²) in [7, 11) is 0. The molecule has 92 valence electrons. The van der Waals surface area contributed by atoms with Gasteiger partial charge >= 0.3 is 0 Å². The van der Waals surface area contributed by atoms with Gasteiger partial charge in [-0.3, -0.25) is 0 Å². The Balaban J connectivity index is 3.44. The van der Waals surface area contributed by atoms with Crippen LogP contribution in [0.3, 0.4) is 0 Å². The third-order valence-corrected chi connectivity index (χ3v) is 2.40. The van der Waals surface area contributed by atoms with Crippen LogP contribution in [0.4, 0.5) is 0 Å². The molecule has 0 radical (unpaired) electrons. The molecule has 0 fully saturated rings. The molecule has 1 unspecified atom stereocenters. The summed E-state index contributed by atoms with van der Waals surface area (Å²) in [4.78, 5) is 0. The van der Waals surface area contributed by atoms with Gasteiger partial charge in [-0.2, -0.15) is 0 Å². The van der Waals surface area contributed by atoms with Crippen LogP contribution in [0.25, 0.3) is 0 Å². The minimum Gasteiger partial charge on any atom is -0.330 e. The molecule has 0 aromatic carbocycles. The van der Waals surface area contributed by atoms with E-state index in [1.807, 2.05) is 0 Å². The molecule has 0 saturated heterocycles. The number of nitrogens with one attached hydrogen (secondary N) is 2. The van der Waals surface area contributed by atoms with Gasteiger partial charge in [0.15, 0.2) is 0 Å². The molecule has 0 aliphatic carbocycles. The Morgan fingerprint density at radius 3 is 2.33 bits per heavy atom. The van der Waals surface area contributed by atoms with Crippen molar-refractivity contribution in [1.29, 1.82) is 0 Å². The molecule has 0 aromatic heterocycles. The Bertz CT molecular complexity index is 119. The second-order valence-corrected chi connectivity index (χ2v) is 3.93. The van der Waals surface area contributed by atoms with Crippen molar-refractivity contribution in [2.45, 2.75) is 38.6 Å². The Morgan fingerprint density at radius 1 is 1.07 bits per heavy atom. The lowest BCUT2D eigenvalue weighted by molar-refractivity contribution is 0.441. The van der Waals surface area contributed by atoms with Crippen LogP contribution in [-0.2, 0) is 0 Å². The Hall–Kier alpha value is -0.160. The molecule has 0 bridgehead atoms. The summed E-state index contributed by atoms with van der Waals surface area (Å²) in [6.45, 7) is 6.85. The molecular formula is C11H28N4. The van der Waals surface area contributed by atoms with Crippen molar-refractivity contribution < 1.29 is 0 Å². The van der Waals surface area contributed by atoms with E-state index in [4.69, 9.17) is 11.5 Å². The molecule has 0 saturated carbocycles. The number of rotatable bonds is 11. The van der Waals surface area contributed by atoms with Gasteiger partial charge in [-0.05, 0) is 45.4 Å². The second kappa shape index (κ2) is 11.9. The summed E-state index contributed by atoms with van der Waals surface area (Å²) < 4.78 is 0. The minimum atomic E-state index is 0.583. The monoisotopic (exact) mass is 216 g/mol. The molecular weight excluding hydrogens is 188 g/mol. The number of hydrogen-bond acceptors (Lipinski definition) is 4. The highest BCUT2D eigenvalue weighted by Crippen LogP contribution is 1.95. The molecule has 15 heavy (non-hydrogen) atoms. The van der Waals surface area contributed by atoms with E-state index in [0.717, 1.165) is 45.6 Å². The summed E-state index contributed by atoms with van der Waals surface area (Å²) in [6, 6.07) is 0.583. The van der Waals surface area contributed by atoms with Crippen LogP contribution >= 0.6 is 0 Å². The molecule has 4 heteroatoms. The van der Waals surface area contributed by atoms with Gasteiger partial charge in [0, 0.05) is 12.6 Å². The first kappa shape index (κ1) is 14.8. The summed E-state index contributed by atoms with van der Waals surface area (Å²) in [5.41, 5.74) is 10.9. The van der Waals surface area contributed by atoms with E-state index < -0.39 is 0 Å². The first-order chi connectivity index (χ1) is 7.35. The van der Waals surface area contributed by atoms with Crippen molar-refractivity contribution >= 4 is 0 Å². The van der Waals surface area contributed by atoms with Crippen molar-refractivity contribution in [3.63, 3.8) is 0 Å². The lowest BCUT2D eigenvalue weighted by Gasteiger charge is -2.18. The van der Waals surface area contributed by atoms with Gasteiger partial charge in [0.05, 0.1) is 0 Å². The SMILES string of the molecule is CCCC(CNCCCN)NCCCN. The topological polar surface area (TPSA) is 76.1 Å². The van der Waals surface area contributed by atoms with E-state index in [1.54, 1.807) is 0 Å². The van der Waals surface area contributed by atoms with Gasteiger partial charge in [0.2, 0.25) is 0 Å². The molecule has 0 rings (SSSR count). The highest BCUT2D eigenvalue weighted by atomic mass is 15.0. The van der Waals surface area contributed by atoms with Crippen LogP contribution in [0.2, 0.25) is 0 Å². The van der Waals surface area contributed by atoms with Gasteiger partial charge in [-0.25, -0.2) is 0 Å². The van der Waals surface area contributed by atoms with Gasteiger partial charge in [-0.1, -0.05) is 13.3 Å². The predicted octanol–water partition coefficient (Wildman–Crippen LogP) is 0.0319. The second-order valence-electron chi connectivity index (χ2n) is 3.93. The quantitative estimate of drug-likeness (QED) is 0.368. The fraction of sp³-hybridized carbons (Fsp3) is 1.00. The minimum absolute atomic E-state index is 0.583. The molecule has 0 heterocycles. The summed E-state index contributed by atoms with van der Waals surface area (Å²) >= 11 is 0. The first-order valence-electron chi connectivity index (χ1n) is 6.19. The maximum absolute atomic E-state index is 5.46. The Labute approximate surface area is 94.2 Å². The number of nitrogens with two attached hydrogens (primary N) is 2. The molecule has 0 aliphatic heterocycles. The van der Waals surface area contributed by atoms with Crippen LogP contribution in [0.15, 0.2) is 0 Å². The smallest absolute Gasteiger partial charge is 0.0192 e. The standard InChI is InChI=1S/C11H28N4/c1-2-5-11(15-9-4-7-13)10-14-8-3-6-12/h11,14-15H,2-10,12-13H2,1H3. The normalized spacial score (nSPS) is 13.0. The largest absolute Gasteiger partial charge is 0.330 e. The molecule has 0 spiro atoms. The molecule has 6 N–H and O–H groups in total. The third-order valence-electron chi connectivity index (χ3n) is 2.40.